The highest BCUT2D eigenvalue weighted by Crippen LogP contribution is 2.32. The first kappa shape index (κ1) is 19.1. The molecule has 0 saturated heterocycles. The van der Waals surface area contributed by atoms with Crippen LogP contribution in [0.1, 0.15) is 16.9 Å². The van der Waals surface area contributed by atoms with E-state index in [0.29, 0.717) is 26.2 Å². The summed E-state index contributed by atoms with van der Waals surface area (Å²) in [5, 5.41) is 0. The molecule has 29 heavy (non-hydrogen) atoms. The molecule has 1 amide bonds. The summed E-state index contributed by atoms with van der Waals surface area (Å²) in [6, 6.07) is 19.6. The lowest BCUT2D eigenvalue weighted by Gasteiger charge is -2.25. The summed E-state index contributed by atoms with van der Waals surface area (Å²) < 4.78 is 16.3. The second-order valence-corrected chi connectivity index (χ2v) is 7.17. The molecule has 6 heteroatoms. The van der Waals surface area contributed by atoms with Crippen LogP contribution < -0.4 is 9.47 Å². The molecule has 1 aliphatic rings. The highest BCUT2D eigenvalue weighted by atomic mass is 16.7. The Bertz CT molecular complexity index is 941. The van der Waals surface area contributed by atoms with E-state index in [2.05, 4.69) is 0 Å². The normalized spacial score (nSPS) is 12.3. The number of hydrogen-bond acceptors (Lipinski definition) is 5. The molecule has 150 valence electrons. The molecule has 6 nitrogen and oxygen atoms in total. The predicted molar refractivity (Wildman–Crippen MR) is 108 cm³/mol. The third-order valence-corrected chi connectivity index (χ3v) is 4.79. The second-order valence-electron chi connectivity index (χ2n) is 7.17. The van der Waals surface area contributed by atoms with E-state index < -0.39 is 0 Å². The van der Waals surface area contributed by atoms with Gasteiger partial charge in [-0.25, -0.2) is 0 Å². The molecule has 0 N–H and O–H groups in total. The van der Waals surface area contributed by atoms with E-state index in [1.54, 1.807) is 6.26 Å². The minimum absolute atomic E-state index is 0.0495. The van der Waals surface area contributed by atoms with Gasteiger partial charge in [0.15, 0.2) is 11.5 Å². The van der Waals surface area contributed by atoms with Gasteiger partial charge in [0.05, 0.1) is 19.4 Å². The Labute approximate surface area is 170 Å². The Morgan fingerprint density at radius 1 is 0.897 bits per heavy atom. The number of furan rings is 1. The number of amides is 1. The van der Waals surface area contributed by atoms with Crippen LogP contribution in [-0.2, 0) is 24.4 Å². The van der Waals surface area contributed by atoms with Crippen LogP contribution in [0.15, 0.2) is 71.3 Å². The van der Waals surface area contributed by atoms with Gasteiger partial charge in [-0.3, -0.25) is 9.69 Å². The van der Waals surface area contributed by atoms with Gasteiger partial charge in [0.2, 0.25) is 12.7 Å². The van der Waals surface area contributed by atoms with Gasteiger partial charge in [0.25, 0.3) is 0 Å². The minimum Gasteiger partial charge on any atom is -0.467 e. The minimum atomic E-state index is 0.0495. The maximum absolute atomic E-state index is 13.1. The van der Waals surface area contributed by atoms with Crippen LogP contribution in [0.4, 0.5) is 0 Å². The molecule has 0 fully saturated rings. The maximum atomic E-state index is 13.1. The first-order chi connectivity index (χ1) is 14.2. The first-order valence-electron chi connectivity index (χ1n) is 9.58. The smallest absolute Gasteiger partial charge is 0.237 e. The van der Waals surface area contributed by atoms with Crippen molar-refractivity contribution in [3.8, 4) is 11.5 Å². The zero-order valence-corrected chi connectivity index (χ0v) is 16.4. The molecular formula is C23H24N2O4. The molecule has 3 aromatic rings. The van der Waals surface area contributed by atoms with Gasteiger partial charge in [-0.05, 0) is 42.4 Å². The molecule has 1 aliphatic heterocycles. The van der Waals surface area contributed by atoms with E-state index in [0.717, 1.165) is 28.4 Å². The lowest BCUT2D eigenvalue weighted by atomic mass is 10.2. The largest absolute Gasteiger partial charge is 0.467 e. The van der Waals surface area contributed by atoms with E-state index in [1.165, 1.54) is 0 Å². The number of nitrogens with zero attached hydrogens (tertiary/aromatic N) is 2. The summed E-state index contributed by atoms with van der Waals surface area (Å²) in [5.74, 6) is 2.34. The maximum Gasteiger partial charge on any atom is 0.237 e. The van der Waals surface area contributed by atoms with Crippen molar-refractivity contribution in [2.45, 2.75) is 19.6 Å². The van der Waals surface area contributed by atoms with Crippen LogP contribution >= 0.6 is 0 Å². The second kappa shape index (κ2) is 8.84. The Hall–Kier alpha value is -3.25. The summed E-state index contributed by atoms with van der Waals surface area (Å²) in [6.07, 6.45) is 1.63. The monoisotopic (exact) mass is 392 g/mol. The molecule has 2 heterocycles. The first-order valence-corrected chi connectivity index (χ1v) is 9.58. The Morgan fingerprint density at radius 2 is 1.72 bits per heavy atom. The van der Waals surface area contributed by atoms with Gasteiger partial charge in [-0.15, -0.1) is 0 Å². The van der Waals surface area contributed by atoms with Gasteiger partial charge in [-0.1, -0.05) is 36.4 Å². The fraction of sp³-hybridized carbons (Fsp3) is 0.261. The van der Waals surface area contributed by atoms with Gasteiger partial charge in [0, 0.05) is 13.1 Å². The third-order valence-electron chi connectivity index (χ3n) is 4.79. The van der Waals surface area contributed by atoms with Gasteiger partial charge < -0.3 is 18.8 Å². The Kier molecular flexibility index (Phi) is 5.81. The molecule has 0 bridgehead atoms. The number of benzene rings is 2. The molecule has 0 atom stereocenters. The van der Waals surface area contributed by atoms with E-state index in [1.807, 2.05) is 77.5 Å². The molecular weight excluding hydrogens is 368 g/mol. The summed E-state index contributed by atoms with van der Waals surface area (Å²) in [7, 11) is 1.94. The fourth-order valence-electron chi connectivity index (χ4n) is 3.36. The average molecular weight is 392 g/mol. The Morgan fingerprint density at radius 3 is 2.52 bits per heavy atom. The van der Waals surface area contributed by atoms with Crippen LogP contribution in [0, 0.1) is 0 Å². The number of carbonyl (C=O) groups excluding carboxylic acids is 1. The predicted octanol–water partition coefficient (Wildman–Crippen LogP) is 3.67. The highest BCUT2D eigenvalue weighted by molar-refractivity contribution is 5.78. The van der Waals surface area contributed by atoms with Crippen molar-refractivity contribution < 1.29 is 18.7 Å². The van der Waals surface area contributed by atoms with Crippen molar-refractivity contribution >= 4 is 5.91 Å². The van der Waals surface area contributed by atoms with Crippen molar-refractivity contribution in [2.24, 2.45) is 0 Å². The van der Waals surface area contributed by atoms with Crippen LogP contribution in [0.25, 0.3) is 0 Å². The SMILES string of the molecule is CN(CC(=O)N(Cc1ccccc1)Cc1ccco1)Cc1ccc2c(c1)OCO2. The van der Waals surface area contributed by atoms with Crippen molar-refractivity contribution in [1.29, 1.82) is 0 Å². The lowest BCUT2D eigenvalue weighted by molar-refractivity contribution is -0.133. The van der Waals surface area contributed by atoms with E-state index in [-0.39, 0.29) is 12.7 Å². The molecule has 2 aromatic carbocycles. The van der Waals surface area contributed by atoms with Crippen molar-refractivity contribution in [3.05, 3.63) is 83.8 Å². The topological polar surface area (TPSA) is 55.2 Å². The van der Waals surface area contributed by atoms with Gasteiger partial charge in [-0.2, -0.15) is 0 Å². The zero-order chi connectivity index (χ0) is 20.1. The molecule has 0 spiro atoms. The number of fused-ring (bicyclic) bond motifs is 1. The summed E-state index contributed by atoms with van der Waals surface area (Å²) in [4.78, 5) is 16.9. The molecule has 4 rings (SSSR count). The molecule has 1 aromatic heterocycles. The summed E-state index contributed by atoms with van der Waals surface area (Å²) in [6.45, 7) is 2.19. The van der Waals surface area contributed by atoms with Crippen molar-refractivity contribution in [1.82, 2.24) is 9.80 Å². The molecule has 0 unspecified atom stereocenters. The third kappa shape index (κ3) is 4.97. The summed E-state index contributed by atoms with van der Waals surface area (Å²) in [5.41, 5.74) is 2.16. The van der Waals surface area contributed by atoms with E-state index >= 15 is 0 Å². The van der Waals surface area contributed by atoms with Crippen LogP contribution in [0.5, 0.6) is 11.5 Å². The van der Waals surface area contributed by atoms with Crippen molar-refractivity contribution in [2.75, 3.05) is 20.4 Å². The quantitative estimate of drug-likeness (QED) is 0.586. The molecule has 0 aliphatic carbocycles. The van der Waals surface area contributed by atoms with Gasteiger partial charge >= 0.3 is 0 Å². The molecule has 0 saturated carbocycles. The van der Waals surface area contributed by atoms with Gasteiger partial charge in [0.1, 0.15) is 5.76 Å². The lowest BCUT2D eigenvalue weighted by Crippen LogP contribution is -2.38. The number of carbonyl (C=O) groups is 1. The Balaban J connectivity index is 1.40. The van der Waals surface area contributed by atoms with Crippen LogP contribution in [-0.4, -0.2) is 36.1 Å². The zero-order valence-electron chi connectivity index (χ0n) is 16.4. The fourth-order valence-corrected chi connectivity index (χ4v) is 3.36. The average Bonchev–Trinajstić information content (AvgIpc) is 3.39. The molecule has 0 radical (unpaired) electrons. The van der Waals surface area contributed by atoms with E-state index in [9.17, 15) is 4.79 Å². The van der Waals surface area contributed by atoms with E-state index in [4.69, 9.17) is 13.9 Å². The van der Waals surface area contributed by atoms with Crippen LogP contribution in [0.3, 0.4) is 0 Å². The number of likely N-dealkylation sites (N-methyl/N-ethyl adjacent to an activating group) is 1. The number of hydrogen-bond donors (Lipinski definition) is 0. The van der Waals surface area contributed by atoms with Crippen molar-refractivity contribution in [3.63, 3.8) is 0 Å². The summed E-state index contributed by atoms with van der Waals surface area (Å²) >= 11 is 0. The standard InChI is InChI=1S/C23H24N2O4/c1-24(13-19-9-10-21-22(12-19)29-17-28-21)16-23(26)25(15-20-8-5-11-27-20)14-18-6-3-2-4-7-18/h2-12H,13-17H2,1H3. The number of rotatable bonds is 8. The van der Waals surface area contributed by atoms with Crippen LogP contribution in [0.2, 0.25) is 0 Å². The highest BCUT2D eigenvalue weighted by Gasteiger charge is 2.19. The number of ether oxygens (including phenoxy) is 2.